The number of ether oxygens (including phenoxy) is 1. The minimum absolute atomic E-state index is 0.178. The van der Waals surface area contributed by atoms with Gasteiger partial charge in [0, 0.05) is 49.0 Å². The van der Waals surface area contributed by atoms with Crippen LogP contribution in [0.15, 0.2) is 30.5 Å². The topological polar surface area (TPSA) is 45.3 Å². The molecule has 1 unspecified atom stereocenters. The second-order valence-electron chi connectivity index (χ2n) is 6.53. The van der Waals surface area contributed by atoms with Crippen molar-refractivity contribution < 1.29 is 9.53 Å². The monoisotopic (exact) mass is 298 g/mol. The number of H-pyrrole nitrogens is 1. The molecule has 2 aliphatic heterocycles. The van der Waals surface area contributed by atoms with E-state index in [9.17, 15) is 4.79 Å². The van der Waals surface area contributed by atoms with E-state index in [-0.39, 0.29) is 5.91 Å². The summed E-state index contributed by atoms with van der Waals surface area (Å²) in [4.78, 5) is 17.9. The van der Waals surface area contributed by atoms with Crippen molar-refractivity contribution in [1.29, 1.82) is 0 Å². The van der Waals surface area contributed by atoms with Gasteiger partial charge in [0.15, 0.2) is 0 Å². The molecule has 22 heavy (non-hydrogen) atoms. The van der Waals surface area contributed by atoms with Crippen molar-refractivity contribution >= 4 is 16.8 Å². The Bertz CT molecular complexity index is 673. The molecule has 1 aromatic carbocycles. The number of fused-ring (bicyclic) bond motifs is 1. The van der Waals surface area contributed by atoms with Crippen LogP contribution in [0.3, 0.4) is 0 Å². The van der Waals surface area contributed by atoms with Crippen LogP contribution < -0.4 is 0 Å². The third-order valence-corrected chi connectivity index (χ3v) is 5.24. The van der Waals surface area contributed by atoms with Crippen molar-refractivity contribution in [2.45, 2.75) is 19.3 Å². The molecule has 1 atom stereocenters. The van der Waals surface area contributed by atoms with Gasteiger partial charge in [-0.3, -0.25) is 4.79 Å². The number of carbonyl (C=O) groups excluding carboxylic acids is 1. The molecule has 4 rings (SSSR count). The first-order valence-corrected chi connectivity index (χ1v) is 8.25. The molecule has 3 heterocycles. The molecule has 2 aliphatic rings. The van der Waals surface area contributed by atoms with Crippen molar-refractivity contribution in [2.24, 2.45) is 11.8 Å². The fraction of sp³-hybridized carbons (Fsp3) is 0.500. The third kappa shape index (κ3) is 2.52. The number of carbonyl (C=O) groups is 1. The first-order valence-electron chi connectivity index (χ1n) is 8.25. The fourth-order valence-electron chi connectivity index (χ4n) is 3.91. The predicted molar refractivity (Wildman–Crippen MR) is 85.9 cm³/mol. The lowest BCUT2D eigenvalue weighted by Gasteiger charge is -2.27. The number of hydrogen-bond donors (Lipinski definition) is 1. The summed E-state index contributed by atoms with van der Waals surface area (Å²) in [6.07, 6.45) is 5.36. The quantitative estimate of drug-likeness (QED) is 0.926. The molecule has 0 bridgehead atoms. The van der Waals surface area contributed by atoms with E-state index >= 15 is 0 Å². The molecular weight excluding hydrogens is 276 g/mol. The molecule has 0 spiro atoms. The maximum absolute atomic E-state index is 12.7. The van der Waals surface area contributed by atoms with E-state index < -0.39 is 0 Å². The van der Waals surface area contributed by atoms with Gasteiger partial charge in [0.05, 0.1) is 0 Å². The summed E-state index contributed by atoms with van der Waals surface area (Å²) in [5.74, 6) is 1.57. The van der Waals surface area contributed by atoms with Gasteiger partial charge in [-0.1, -0.05) is 0 Å². The van der Waals surface area contributed by atoms with E-state index in [2.05, 4.69) is 4.98 Å². The normalized spacial score (nSPS) is 23.3. The number of aromatic amines is 1. The average molecular weight is 298 g/mol. The van der Waals surface area contributed by atoms with Crippen LogP contribution in [0.5, 0.6) is 0 Å². The summed E-state index contributed by atoms with van der Waals surface area (Å²) in [6, 6.07) is 7.94. The molecule has 0 saturated carbocycles. The van der Waals surface area contributed by atoms with Gasteiger partial charge in [-0.15, -0.1) is 0 Å². The average Bonchev–Trinajstić information content (AvgIpc) is 3.23. The van der Waals surface area contributed by atoms with Gasteiger partial charge in [-0.25, -0.2) is 0 Å². The molecular formula is C18H22N2O2. The minimum Gasteiger partial charge on any atom is -0.381 e. The minimum atomic E-state index is 0.178. The first-order chi connectivity index (χ1) is 10.8. The molecule has 2 fully saturated rings. The summed E-state index contributed by atoms with van der Waals surface area (Å²) >= 11 is 0. The van der Waals surface area contributed by atoms with E-state index in [4.69, 9.17) is 4.74 Å². The Morgan fingerprint density at radius 3 is 2.86 bits per heavy atom. The van der Waals surface area contributed by atoms with Gasteiger partial charge in [0.2, 0.25) is 0 Å². The molecule has 0 aliphatic carbocycles. The Hall–Kier alpha value is -1.81. The standard InChI is InChI=1S/C18H22N2O2/c21-18(15-1-2-17-14(11-15)3-7-19-17)20-8-4-16(12-20)13-5-9-22-10-6-13/h1-3,7,11,13,16,19H,4-6,8-10,12H2. The number of rotatable bonds is 2. The van der Waals surface area contributed by atoms with Crippen LogP contribution in [0, 0.1) is 11.8 Å². The van der Waals surface area contributed by atoms with Crippen molar-refractivity contribution in [3.05, 3.63) is 36.0 Å². The Morgan fingerprint density at radius 1 is 1.14 bits per heavy atom. The number of nitrogens with one attached hydrogen (secondary N) is 1. The van der Waals surface area contributed by atoms with E-state index in [1.54, 1.807) is 0 Å². The predicted octanol–water partition coefficient (Wildman–Crippen LogP) is 3.06. The Morgan fingerprint density at radius 2 is 2.00 bits per heavy atom. The molecule has 0 radical (unpaired) electrons. The molecule has 116 valence electrons. The lowest BCUT2D eigenvalue weighted by Crippen LogP contribution is -2.31. The van der Waals surface area contributed by atoms with Crippen LogP contribution in [0.2, 0.25) is 0 Å². The first kappa shape index (κ1) is 13.8. The fourth-order valence-corrected chi connectivity index (χ4v) is 3.91. The van der Waals surface area contributed by atoms with Crippen LogP contribution >= 0.6 is 0 Å². The molecule has 1 aromatic heterocycles. The van der Waals surface area contributed by atoms with Crippen LogP contribution in [0.4, 0.5) is 0 Å². The van der Waals surface area contributed by atoms with Gasteiger partial charge in [0.1, 0.15) is 0 Å². The molecule has 2 saturated heterocycles. The Balaban J connectivity index is 1.46. The van der Waals surface area contributed by atoms with E-state index in [1.807, 2.05) is 35.4 Å². The highest BCUT2D eigenvalue weighted by atomic mass is 16.5. The number of likely N-dealkylation sites (tertiary alicyclic amines) is 1. The summed E-state index contributed by atoms with van der Waals surface area (Å²) in [7, 11) is 0. The Labute approximate surface area is 130 Å². The summed E-state index contributed by atoms with van der Waals surface area (Å²) in [5.41, 5.74) is 1.89. The number of nitrogens with zero attached hydrogens (tertiary/aromatic N) is 1. The molecule has 1 amide bonds. The second kappa shape index (κ2) is 5.76. The lowest BCUT2D eigenvalue weighted by atomic mass is 9.85. The number of hydrogen-bond acceptors (Lipinski definition) is 2. The number of benzene rings is 1. The zero-order chi connectivity index (χ0) is 14.9. The van der Waals surface area contributed by atoms with E-state index in [0.29, 0.717) is 5.92 Å². The zero-order valence-corrected chi connectivity index (χ0v) is 12.8. The van der Waals surface area contributed by atoms with Crippen molar-refractivity contribution in [3.63, 3.8) is 0 Å². The van der Waals surface area contributed by atoms with Gasteiger partial charge in [0.25, 0.3) is 5.91 Å². The van der Waals surface area contributed by atoms with E-state index in [1.165, 1.54) is 0 Å². The highest BCUT2D eigenvalue weighted by Gasteiger charge is 2.32. The second-order valence-corrected chi connectivity index (χ2v) is 6.53. The van der Waals surface area contributed by atoms with Crippen molar-refractivity contribution in [3.8, 4) is 0 Å². The molecule has 4 nitrogen and oxygen atoms in total. The smallest absolute Gasteiger partial charge is 0.253 e. The van der Waals surface area contributed by atoms with Gasteiger partial charge in [-0.05, 0) is 55.4 Å². The van der Waals surface area contributed by atoms with Crippen LogP contribution in [-0.4, -0.2) is 42.1 Å². The number of amides is 1. The zero-order valence-electron chi connectivity index (χ0n) is 12.8. The maximum Gasteiger partial charge on any atom is 0.253 e. The largest absolute Gasteiger partial charge is 0.381 e. The van der Waals surface area contributed by atoms with Crippen LogP contribution in [0.1, 0.15) is 29.6 Å². The third-order valence-electron chi connectivity index (χ3n) is 5.24. The van der Waals surface area contributed by atoms with Gasteiger partial charge >= 0.3 is 0 Å². The summed E-state index contributed by atoms with van der Waals surface area (Å²) in [5, 5.41) is 1.10. The van der Waals surface area contributed by atoms with Crippen molar-refractivity contribution in [1.82, 2.24) is 9.88 Å². The lowest BCUT2D eigenvalue weighted by molar-refractivity contribution is 0.0471. The maximum atomic E-state index is 12.7. The number of aromatic nitrogens is 1. The summed E-state index contributed by atoms with van der Waals surface area (Å²) < 4.78 is 5.45. The molecule has 4 heteroatoms. The summed E-state index contributed by atoms with van der Waals surface area (Å²) in [6.45, 7) is 3.58. The van der Waals surface area contributed by atoms with Crippen LogP contribution in [0.25, 0.3) is 10.9 Å². The molecule has 1 N–H and O–H groups in total. The van der Waals surface area contributed by atoms with Crippen LogP contribution in [-0.2, 0) is 4.74 Å². The highest BCUT2D eigenvalue weighted by molar-refractivity contribution is 5.98. The van der Waals surface area contributed by atoms with Crippen molar-refractivity contribution in [2.75, 3.05) is 26.3 Å². The van der Waals surface area contributed by atoms with E-state index in [0.717, 1.165) is 68.0 Å². The van der Waals surface area contributed by atoms with Gasteiger partial charge < -0.3 is 14.6 Å². The van der Waals surface area contributed by atoms with Gasteiger partial charge in [-0.2, -0.15) is 0 Å². The highest BCUT2D eigenvalue weighted by Crippen LogP contribution is 2.31. The molecule has 2 aromatic rings. The Kier molecular flexibility index (Phi) is 3.62. The SMILES string of the molecule is O=C(c1ccc2[nH]ccc2c1)N1CCC(C2CCOCC2)C1.